The van der Waals surface area contributed by atoms with Crippen LogP contribution in [0.2, 0.25) is 0 Å². The average molecular weight is 517 g/mol. The fraction of sp³-hybridized carbons (Fsp3) is 1.00. The zero-order chi connectivity index (χ0) is 23.0. The van der Waals surface area contributed by atoms with Crippen molar-refractivity contribution in [3.63, 3.8) is 0 Å². The van der Waals surface area contributed by atoms with E-state index in [0.29, 0.717) is 33.5 Å². The summed E-state index contributed by atoms with van der Waals surface area (Å²) in [5.74, 6) is 2.07. The molecule has 1 aliphatic heterocycles. The van der Waals surface area contributed by atoms with Crippen LogP contribution in [-0.2, 0) is 14.2 Å². The second kappa shape index (κ2) is 14.0. The molecule has 3 aliphatic carbocycles. The highest BCUT2D eigenvalue weighted by molar-refractivity contribution is 7.81. The van der Waals surface area contributed by atoms with E-state index >= 15 is 0 Å². The Labute approximate surface area is 219 Å². The van der Waals surface area contributed by atoms with E-state index in [-0.39, 0.29) is 18.9 Å². The van der Waals surface area contributed by atoms with Crippen LogP contribution in [0.1, 0.15) is 116 Å². The fourth-order valence-electron chi connectivity index (χ4n) is 6.66. The summed E-state index contributed by atoms with van der Waals surface area (Å²) >= 11 is 15.1. The molecule has 4 aliphatic rings. The fourth-order valence-corrected chi connectivity index (χ4v) is 8.07. The Bertz CT molecular complexity index is 465. The summed E-state index contributed by atoms with van der Waals surface area (Å²) in [5.41, 5.74) is 0. The van der Waals surface area contributed by atoms with Crippen molar-refractivity contribution in [1.82, 2.24) is 0 Å². The molecular formula is C27H48O3S3. The van der Waals surface area contributed by atoms with Gasteiger partial charge in [0.25, 0.3) is 0 Å². The minimum atomic E-state index is -0.225. The van der Waals surface area contributed by atoms with Crippen molar-refractivity contribution in [3.05, 3.63) is 0 Å². The lowest BCUT2D eigenvalue weighted by Gasteiger charge is -2.41. The summed E-state index contributed by atoms with van der Waals surface area (Å²) in [6.07, 6.45) is 21.8. The van der Waals surface area contributed by atoms with E-state index in [2.05, 4.69) is 0 Å². The second-order valence-electron chi connectivity index (χ2n) is 11.3. The Kier molecular flexibility index (Phi) is 11.5. The van der Waals surface area contributed by atoms with Gasteiger partial charge in [0.1, 0.15) is 0 Å². The molecule has 3 saturated carbocycles. The monoisotopic (exact) mass is 516 g/mol. The largest absolute Gasteiger partial charge is 0.324 e. The van der Waals surface area contributed by atoms with E-state index in [0.717, 1.165) is 19.3 Å². The van der Waals surface area contributed by atoms with Gasteiger partial charge in [-0.1, -0.05) is 57.8 Å². The van der Waals surface area contributed by atoms with Crippen LogP contribution < -0.4 is 0 Å². The molecule has 0 aromatic rings. The molecule has 0 aromatic heterocycles. The smallest absolute Gasteiger partial charge is 0.164 e. The lowest BCUT2D eigenvalue weighted by atomic mass is 9.85. The highest BCUT2D eigenvalue weighted by Gasteiger charge is 2.37. The maximum atomic E-state index is 6.40. The van der Waals surface area contributed by atoms with Gasteiger partial charge in [0, 0.05) is 35.0 Å². The van der Waals surface area contributed by atoms with Gasteiger partial charge in [0.2, 0.25) is 0 Å². The Morgan fingerprint density at radius 2 is 0.667 bits per heavy atom. The Hall–Kier alpha value is 0.930. The number of hydrogen-bond acceptors (Lipinski definition) is 6. The first kappa shape index (κ1) is 27.0. The first-order valence-electron chi connectivity index (χ1n) is 14.1. The minimum Gasteiger partial charge on any atom is -0.324 e. The van der Waals surface area contributed by atoms with Gasteiger partial charge >= 0.3 is 0 Å². The zero-order valence-electron chi connectivity index (χ0n) is 20.5. The molecule has 1 heterocycles. The maximum Gasteiger partial charge on any atom is 0.164 e. The van der Waals surface area contributed by atoms with Gasteiger partial charge in [-0.15, -0.1) is 0 Å². The average Bonchev–Trinajstić information content (AvgIpc) is 2.85. The molecule has 0 radical (unpaired) electrons. The van der Waals surface area contributed by atoms with Crippen LogP contribution in [0.3, 0.4) is 0 Å². The minimum absolute atomic E-state index is 0.225. The van der Waals surface area contributed by atoms with Gasteiger partial charge in [-0.3, -0.25) is 0 Å². The van der Waals surface area contributed by atoms with E-state index in [1.54, 1.807) is 0 Å². The molecular weight excluding hydrogens is 468 g/mol. The second-order valence-corrected chi connectivity index (χ2v) is 13.3. The first-order chi connectivity index (χ1) is 16.1. The van der Waals surface area contributed by atoms with Crippen molar-refractivity contribution < 1.29 is 14.2 Å². The van der Waals surface area contributed by atoms with E-state index in [9.17, 15) is 0 Å². The van der Waals surface area contributed by atoms with Crippen LogP contribution in [0.15, 0.2) is 0 Å². The third kappa shape index (κ3) is 8.49. The predicted octanol–water partition coefficient (Wildman–Crippen LogP) is 7.83. The number of hydrogen-bond donors (Lipinski definition) is 3. The van der Waals surface area contributed by atoms with Gasteiger partial charge in [0.15, 0.2) is 18.9 Å². The Balaban J connectivity index is 1.34. The van der Waals surface area contributed by atoms with Crippen molar-refractivity contribution in [1.29, 1.82) is 0 Å². The van der Waals surface area contributed by atoms with Crippen LogP contribution in [0.25, 0.3) is 0 Å². The van der Waals surface area contributed by atoms with E-state index in [4.69, 9.17) is 52.1 Å². The van der Waals surface area contributed by atoms with Gasteiger partial charge in [0.05, 0.1) is 0 Å². The molecule has 3 atom stereocenters. The van der Waals surface area contributed by atoms with Crippen LogP contribution in [0, 0.1) is 17.8 Å². The summed E-state index contributed by atoms with van der Waals surface area (Å²) in [7, 11) is 0. The van der Waals surface area contributed by atoms with Gasteiger partial charge in [-0.05, 0) is 56.3 Å². The van der Waals surface area contributed by atoms with Crippen LogP contribution in [-0.4, -0.2) is 34.6 Å². The normalized spacial score (nSPS) is 34.1. The summed E-state index contributed by atoms with van der Waals surface area (Å²) in [4.78, 5) is 0. The summed E-state index contributed by atoms with van der Waals surface area (Å²) in [6, 6.07) is 0. The number of rotatable bonds is 9. The van der Waals surface area contributed by atoms with Crippen molar-refractivity contribution in [2.75, 3.05) is 0 Å². The number of thiol groups is 3. The van der Waals surface area contributed by atoms with Crippen molar-refractivity contribution >= 4 is 37.9 Å². The third-order valence-electron chi connectivity index (χ3n) is 8.79. The van der Waals surface area contributed by atoms with Crippen molar-refractivity contribution in [2.24, 2.45) is 17.8 Å². The molecule has 4 fully saturated rings. The summed E-state index contributed by atoms with van der Waals surface area (Å²) < 4.78 is 19.2. The molecule has 1 saturated heterocycles. The molecule has 192 valence electrons. The standard InChI is InChI=1S/C27H48O3S3/c31-22(19-10-4-1-5-11-19)16-25-28-26(17-23(32)20-12-6-2-7-13-20)30-27(29-25)18-24(33)21-14-8-3-9-15-21/h19-27,31-33H,1-18H2. The molecule has 0 spiro atoms. The van der Waals surface area contributed by atoms with Gasteiger partial charge in [-0.2, -0.15) is 37.9 Å². The number of ether oxygens (including phenoxy) is 3. The molecule has 0 aromatic carbocycles. The molecule has 0 amide bonds. The molecule has 3 nitrogen and oxygen atoms in total. The Morgan fingerprint density at radius 3 is 0.909 bits per heavy atom. The van der Waals surface area contributed by atoms with Crippen molar-refractivity contribution in [2.45, 2.75) is 150 Å². The zero-order valence-corrected chi connectivity index (χ0v) is 23.2. The predicted molar refractivity (Wildman–Crippen MR) is 147 cm³/mol. The maximum absolute atomic E-state index is 6.40. The van der Waals surface area contributed by atoms with Gasteiger partial charge < -0.3 is 14.2 Å². The highest BCUT2D eigenvalue weighted by atomic mass is 32.1. The molecule has 3 unspecified atom stereocenters. The van der Waals surface area contributed by atoms with Crippen LogP contribution in [0.5, 0.6) is 0 Å². The van der Waals surface area contributed by atoms with E-state index in [1.165, 1.54) is 96.3 Å². The molecule has 0 N–H and O–H groups in total. The first-order valence-corrected chi connectivity index (χ1v) is 15.6. The highest BCUT2D eigenvalue weighted by Crippen LogP contribution is 2.38. The summed E-state index contributed by atoms with van der Waals surface area (Å²) in [6.45, 7) is 0. The quantitative estimate of drug-likeness (QED) is 0.273. The van der Waals surface area contributed by atoms with Crippen LogP contribution >= 0.6 is 37.9 Å². The van der Waals surface area contributed by atoms with Crippen LogP contribution in [0.4, 0.5) is 0 Å². The molecule has 4 rings (SSSR count). The van der Waals surface area contributed by atoms with Gasteiger partial charge in [-0.25, -0.2) is 0 Å². The third-order valence-corrected chi connectivity index (χ3v) is 10.7. The molecule has 0 bridgehead atoms. The van der Waals surface area contributed by atoms with E-state index < -0.39 is 0 Å². The summed E-state index contributed by atoms with van der Waals surface area (Å²) in [5, 5.41) is 1.01. The molecule has 6 heteroatoms. The van der Waals surface area contributed by atoms with E-state index in [1.807, 2.05) is 0 Å². The molecule has 33 heavy (non-hydrogen) atoms. The van der Waals surface area contributed by atoms with Crippen molar-refractivity contribution in [3.8, 4) is 0 Å². The lowest BCUT2D eigenvalue weighted by molar-refractivity contribution is -0.386. The Morgan fingerprint density at radius 1 is 0.424 bits per heavy atom. The lowest BCUT2D eigenvalue weighted by Crippen LogP contribution is -2.45. The SMILES string of the molecule is SC(CC1OC(CC(S)C2CCCCC2)OC(CC(S)C2CCCCC2)O1)C1CCCCC1. The topological polar surface area (TPSA) is 27.7 Å².